The molecule has 1 aromatic heterocycles. The highest BCUT2D eigenvalue weighted by Gasteiger charge is 2.07. The molecule has 172 valence electrons. The molecule has 0 aliphatic heterocycles. The average Bonchev–Trinajstić information content (AvgIpc) is 3.11. The summed E-state index contributed by atoms with van der Waals surface area (Å²) in [7, 11) is 4.10. The molecule has 0 bridgehead atoms. The van der Waals surface area contributed by atoms with Gasteiger partial charge in [0.25, 0.3) is 0 Å². The van der Waals surface area contributed by atoms with Crippen molar-refractivity contribution in [1.82, 2.24) is 25.4 Å². The van der Waals surface area contributed by atoms with E-state index in [0.717, 1.165) is 37.1 Å². The smallest absolute Gasteiger partial charge is 0.191 e. The number of nitrogens with zero attached hydrogens (tertiary/aromatic N) is 5. The zero-order valence-electron chi connectivity index (χ0n) is 19.4. The molecule has 0 aliphatic carbocycles. The van der Waals surface area contributed by atoms with E-state index in [-0.39, 0.29) is 24.0 Å². The van der Waals surface area contributed by atoms with Gasteiger partial charge in [0.05, 0.1) is 13.1 Å². The number of guanidine groups is 1. The van der Waals surface area contributed by atoms with E-state index < -0.39 is 0 Å². The molecule has 0 aliphatic rings. The van der Waals surface area contributed by atoms with Gasteiger partial charge in [-0.2, -0.15) is 0 Å². The Morgan fingerprint density at radius 1 is 1.00 bits per heavy atom. The maximum Gasteiger partial charge on any atom is 0.191 e. The van der Waals surface area contributed by atoms with Gasteiger partial charge in [-0.15, -0.1) is 34.2 Å². The first-order chi connectivity index (χ1) is 15.0. The molecule has 32 heavy (non-hydrogen) atoms. The standard InChI is InChI=1S/C24H33N7.HI/c1-19-11-8-9-12-21(19)17-26-24(27-18-23-29-28-20(2)31(23)4)25-15-10-16-30(3)22-13-6-5-7-14-22;/h5-9,11-14H,10,15-18H2,1-4H3,(H2,25,26,27);1H. The van der Waals surface area contributed by atoms with Crippen molar-refractivity contribution in [3.8, 4) is 0 Å². The minimum atomic E-state index is 0. The highest BCUT2D eigenvalue weighted by molar-refractivity contribution is 14.0. The first-order valence-corrected chi connectivity index (χ1v) is 10.7. The molecule has 0 amide bonds. The first-order valence-electron chi connectivity index (χ1n) is 10.7. The molecule has 3 aromatic rings. The van der Waals surface area contributed by atoms with Crippen LogP contribution in [0.25, 0.3) is 0 Å². The fraction of sp³-hybridized carbons (Fsp3) is 0.375. The third-order valence-corrected chi connectivity index (χ3v) is 5.43. The summed E-state index contributed by atoms with van der Waals surface area (Å²) in [6.45, 7) is 7.06. The van der Waals surface area contributed by atoms with E-state index in [1.807, 2.05) is 24.6 Å². The van der Waals surface area contributed by atoms with Crippen molar-refractivity contribution < 1.29 is 0 Å². The van der Waals surface area contributed by atoms with Crippen LogP contribution in [-0.4, -0.2) is 40.9 Å². The normalized spacial score (nSPS) is 11.1. The Labute approximate surface area is 208 Å². The van der Waals surface area contributed by atoms with E-state index in [4.69, 9.17) is 4.99 Å². The number of aliphatic imine (C=N–C) groups is 1. The van der Waals surface area contributed by atoms with Crippen molar-refractivity contribution in [1.29, 1.82) is 0 Å². The monoisotopic (exact) mass is 547 g/mol. The number of aryl methyl sites for hydroxylation is 2. The van der Waals surface area contributed by atoms with Crippen LogP contribution in [0.15, 0.2) is 59.6 Å². The van der Waals surface area contributed by atoms with Gasteiger partial charge in [0.2, 0.25) is 0 Å². The van der Waals surface area contributed by atoms with Gasteiger partial charge in [0.1, 0.15) is 5.82 Å². The van der Waals surface area contributed by atoms with Gasteiger partial charge in [-0.25, -0.2) is 4.99 Å². The summed E-state index contributed by atoms with van der Waals surface area (Å²) in [5, 5.41) is 15.2. The van der Waals surface area contributed by atoms with Crippen LogP contribution in [-0.2, 0) is 20.1 Å². The number of nitrogens with one attached hydrogen (secondary N) is 2. The highest BCUT2D eigenvalue weighted by Crippen LogP contribution is 2.11. The SMILES string of the molecule is Cc1ccccc1CN=C(NCCCN(C)c1ccccc1)NCc1nnc(C)n1C.I. The van der Waals surface area contributed by atoms with Crippen molar-refractivity contribution in [2.75, 3.05) is 25.0 Å². The third kappa shape index (κ3) is 7.51. The van der Waals surface area contributed by atoms with Crippen LogP contribution in [0.1, 0.15) is 29.2 Å². The lowest BCUT2D eigenvalue weighted by Gasteiger charge is -2.19. The van der Waals surface area contributed by atoms with Gasteiger partial charge in [-0.3, -0.25) is 0 Å². The molecule has 0 atom stereocenters. The first kappa shape index (κ1) is 25.6. The number of aromatic nitrogens is 3. The molecular weight excluding hydrogens is 513 g/mol. The van der Waals surface area contributed by atoms with Gasteiger partial charge in [-0.1, -0.05) is 42.5 Å². The number of halogens is 1. The maximum atomic E-state index is 4.80. The van der Waals surface area contributed by atoms with Crippen LogP contribution in [0.5, 0.6) is 0 Å². The predicted octanol–water partition coefficient (Wildman–Crippen LogP) is 3.81. The maximum absolute atomic E-state index is 4.80. The van der Waals surface area contributed by atoms with Crippen LogP contribution in [0.3, 0.4) is 0 Å². The van der Waals surface area contributed by atoms with Crippen LogP contribution in [0.2, 0.25) is 0 Å². The molecule has 2 N–H and O–H groups in total. The quantitative estimate of drug-likeness (QED) is 0.185. The Bertz CT molecular complexity index is 985. The second-order valence-electron chi connectivity index (χ2n) is 7.70. The lowest BCUT2D eigenvalue weighted by molar-refractivity contribution is 0.697. The lowest BCUT2D eigenvalue weighted by Crippen LogP contribution is -2.39. The fourth-order valence-corrected chi connectivity index (χ4v) is 3.23. The van der Waals surface area contributed by atoms with Gasteiger partial charge in [0, 0.05) is 32.9 Å². The molecule has 3 rings (SSSR count). The second-order valence-corrected chi connectivity index (χ2v) is 7.70. The molecular formula is C24H34IN7. The molecule has 0 saturated heterocycles. The molecule has 8 heteroatoms. The average molecular weight is 547 g/mol. The summed E-state index contributed by atoms with van der Waals surface area (Å²) in [6.07, 6.45) is 1.000. The molecule has 0 unspecified atom stereocenters. The van der Waals surface area contributed by atoms with Gasteiger partial charge >= 0.3 is 0 Å². The number of anilines is 1. The minimum Gasteiger partial charge on any atom is -0.375 e. The third-order valence-electron chi connectivity index (χ3n) is 5.43. The summed E-state index contributed by atoms with van der Waals surface area (Å²) in [5.41, 5.74) is 3.70. The van der Waals surface area contributed by atoms with Gasteiger partial charge < -0.3 is 20.1 Å². The zero-order chi connectivity index (χ0) is 22.1. The van der Waals surface area contributed by atoms with Gasteiger partial charge in [0.15, 0.2) is 11.8 Å². The van der Waals surface area contributed by atoms with Crippen LogP contribution in [0, 0.1) is 13.8 Å². The largest absolute Gasteiger partial charge is 0.375 e. The Morgan fingerprint density at radius 3 is 2.41 bits per heavy atom. The van der Waals surface area contributed by atoms with Crippen molar-refractivity contribution in [2.45, 2.75) is 33.4 Å². The summed E-state index contributed by atoms with van der Waals surface area (Å²) < 4.78 is 1.99. The van der Waals surface area contributed by atoms with E-state index >= 15 is 0 Å². The summed E-state index contributed by atoms with van der Waals surface area (Å²) in [4.78, 5) is 7.07. The van der Waals surface area contributed by atoms with Crippen molar-refractivity contribution >= 4 is 35.6 Å². The van der Waals surface area contributed by atoms with Crippen molar-refractivity contribution in [3.63, 3.8) is 0 Å². The van der Waals surface area contributed by atoms with Crippen LogP contribution < -0.4 is 15.5 Å². The molecule has 0 fully saturated rings. The van der Waals surface area contributed by atoms with E-state index in [9.17, 15) is 0 Å². The van der Waals surface area contributed by atoms with Crippen LogP contribution >= 0.6 is 24.0 Å². The molecule has 7 nitrogen and oxygen atoms in total. The van der Waals surface area contributed by atoms with E-state index in [0.29, 0.717) is 13.1 Å². The van der Waals surface area contributed by atoms with Gasteiger partial charge in [-0.05, 0) is 43.5 Å². The molecule has 1 heterocycles. The Hall–Kier alpha value is -2.62. The Kier molecular flexibility index (Phi) is 10.5. The Balaban J connectivity index is 0.00000363. The molecule has 0 spiro atoms. The number of rotatable bonds is 9. The number of hydrogen-bond acceptors (Lipinski definition) is 4. The summed E-state index contributed by atoms with van der Waals surface area (Å²) in [5.74, 6) is 2.56. The van der Waals surface area contributed by atoms with E-state index in [1.54, 1.807) is 0 Å². The fourth-order valence-electron chi connectivity index (χ4n) is 3.23. The topological polar surface area (TPSA) is 70.4 Å². The zero-order valence-corrected chi connectivity index (χ0v) is 21.7. The summed E-state index contributed by atoms with van der Waals surface area (Å²) >= 11 is 0. The minimum absolute atomic E-state index is 0. The molecule has 0 saturated carbocycles. The molecule has 0 radical (unpaired) electrons. The number of hydrogen-bond donors (Lipinski definition) is 2. The number of benzene rings is 2. The van der Waals surface area contributed by atoms with E-state index in [2.05, 4.69) is 88.2 Å². The second kappa shape index (κ2) is 13.0. The molecule has 2 aromatic carbocycles. The van der Waals surface area contributed by atoms with Crippen LogP contribution in [0.4, 0.5) is 5.69 Å². The summed E-state index contributed by atoms with van der Waals surface area (Å²) in [6, 6.07) is 18.8. The lowest BCUT2D eigenvalue weighted by atomic mass is 10.1. The van der Waals surface area contributed by atoms with Crippen molar-refractivity contribution in [2.24, 2.45) is 12.0 Å². The van der Waals surface area contributed by atoms with E-state index in [1.165, 1.54) is 16.8 Å². The van der Waals surface area contributed by atoms with Crippen molar-refractivity contribution in [3.05, 3.63) is 77.4 Å². The highest BCUT2D eigenvalue weighted by atomic mass is 127. The Morgan fingerprint density at radius 2 is 1.72 bits per heavy atom. The number of para-hydroxylation sites is 1. The predicted molar refractivity (Wildman–Crippen MR) is 143 cm³/mol.